The van der Waals surface area contributed by atoms with E-state index >= 15 is 0 Å². The number of nitro benzene ring substituents is 2. The molecule has 0 heterocycles. The highest BCUT2D eigenvalue weighted by Crippen LogP contribution is 2.39. The average Bonchev–Trinajstić information content (AvgIpc) is 2.50. The van der Waals surface area contributed by atoms with Crippen LogP contribution in [0.4, 0.5) is 11.4 Å². The molecule has 0 aromatic heterocycles. The number of hydrogen-bond acceptors (Lipinski definition) is 5. The van der Waals surface area contributed by atoms with Crippen molar-refractivity contribution in [3.63, 3.8) is 0 Å². The van der Waals surface area contributed by atoms with Crippen LogP contribution < -0.4 is 0 Å². The fourth-order valence-electron chi connectivity index (χ4n) is 2.03. The molecule has 7 nitrogen and oxygen atoms in total. The largest absolute Gasteiger partial charge is 0.337 e. The van der Waals surface area contributed by atoms with Crippen LogP contribution in [0.3, 0.4) is 0 Å². The quantitative estimate of drug-likeness (QED) is 0.420. The third-order valence-corrected chi connectivity index (χ3v) is 4.66. The van der Waals surface area contributed by atoms with Gasteiger partial charge in [0, 0.05) is 23.3 Å². The van der Waals surface area contributed by atoms with Crippen LogP contribution in [-0.4, -0.2) is 9.85 Å². The Labute approximate surface area is 141 Å². The summed E-state index contributed by atoms with van der Waals surface area (Å²) < 4.78 is 11.6. The Morgan fingerprint density at radius 2 is 1.26 bits per heavy atom. The number of hydrogen-bond donors (Lipinski definition) is 0. The predicted octanol–water partition coefficient (Wildman–Crippen LogP) is 4.92. The second-order valence-electron chi connectivity index (χ2n) is 4.49. The summed E-state index contributed by atoms with van der Waals surface area (Å²) in [5, 5.41) is 21.8. The molecule has 2 aromatic carbocycles. The van der Waals surface area contributed by atoms with Crippen LogP contribution in [0.1, 0.15) is 16.8 Å². The van der Waals surface area contributed by atoms with Crippen molar-refractivity contribution in [1.29, 1.82) is 0 Å². The van der Waals surface area contributed by atoms with Crippen molar-refractivity contribution in [2.75, 3.05) is 0 Å². The summed E-state index contributed by atoms with van der Waals surface area (Å²) in [4.78, 5) is 20.6. The standard InChI is InChI=1S/C13H7Cl2N2O5P/c14-9-3-1-7(5-11(9)16(18)19)13(23-22)8-2-4-10(15)12(6-8)17(20)21/h1-6,13H/p+1. The van der Waals surface area contributed by atoms with E-state index in [1.165, 1.54) is 36.4 Å². The molecule has 2 rings (SSSR count). The topological polar surface area (TPSA) is 103 Å². The Hall–Kier alpha value is -2.08. The van der Waals surface area contributed by atoms with Gasteiger partial charge in [-0.3, -0.25) is 20.2 Å². The first kappa shape index (κ1) is 17.3. The van der Waals surface area contributed by atoms with Gasteiger partial charge in [0.1, 0.15) is 10.0 Å². The molecule has 0 N–H and O–H groups in total. The average molecular weight is 374 g/mol. The number of rotatable bonds is 5. The second-order valence-corrected chi connectivity index (χ2v) is 6.11. The highest BCUT2D eigenvalue weighted by molar-refractivity contribution is 7.24. The summed E-state index contributed by atoms with van der Waals surface area (Å²) in [6, 6.07) is 8.05. The molecule has 1 unspecified atom stereocenters. The normalized spacial score (nSPS) is 10.9. The van der Waals surface area contributed by atoms with Crippen molar-refractivity contribution in [1.82, 2.24) is 0 Å². The van der Waals surface area contributed by atoms with Crippen LogP contribution in [0, 0.1) is 20.2 Å². The van der Waals surface area contributed by atoms with Crippen molar-refractivity contribution < 1.29 is 14.4 Å². The van der Waals surface area contributed by atoms with Gasteiger partial charge in [-0.05, 0) is 12.1 Å². The van der Waals surface area contributed by atoms with Gasteiger partial charge in [0.2, 0.25) is 5.66 Å². The van der Waals surface area contributed by atoms with Gasteiger partial charge in [0.25, 0.3) is 11.4 Å². The molecule has 23 heavy (non-hydrogen) atoms. The van der Waals surface area contributed by atoms with Gasteiger partial charge in [0.15, 0.2) is 0 Å². The Morgan fingerprint density at radius 1 is 0.870 bits per heavy atom. The highest BCUT2D eigenvalue weighted by Gasteiger charge is 2.27. The minimum absolute atomic E-state index is 0.0474. The molecule has 0 saturated carbocycles. The van der Waals surface area contributed by atoms with E-state index in [2.05, 4.69) is 0 Å². The predicted molar refractivity (Wildman–Crippen MR) is 87.1 cm³/mol. The van der Waals surface area contributed by atoms with Gasteiger partial charge in [-0.25, -0.2) is 0 Å². The van der Waals surface area contributed by atoms with E-state index in [-0.39, 0.29) is 21.4 Å². The van der Waals surface area contributed by atoms with Crippen LogP contribution in [0.25, 0.3) is 0 Å². The molecule has 118 valence electrons. The molecule has 0 bridgehead atoms. The Bertz CT molecular complexity index is 751. The summed E-state index contributed by atoms with van der Waals surface area (Å²) in [6.45, 7) is 0. The summed E-state index contributed by atoms with van der Waals surface area (Å²) >= 11 is 11.5. The second kappa shape index (κ2) is 7.00. The molecule has 1 atom stereocenters. The highest BCUT2D eigenvalue weighted by atomic mass is 35.5. The van der Waals surface area contributed by atoms with Crippen molar-refractivity contribution in [2.24, 2.45) is 0 Å². The molecule has 0 aliphatic heterocycles. The summed E-state index contributed by atoms with van der Waals surface area (Å²) in [7, 11) is -0.904. The lowest BCUT2D eigenvalue weighted by Crippen LogP contribution is -1.98. The smallest absolute Gasteiger partial charge is 0.258 e. The first-order valence-electron chi connectivity index (χ1n) is 6.10. The van der Waals surface area contributed by atoms with Crippen molar-refractivity contribution in [3.05, 3.63) is 77.8 Å². The lowest BCUT2D eigenvalue weighted by Gasteiger charge is -2.06. The van der Waals surface area contributed by atoms with E-state index in [1.54, 1.807) is 0 Å². The Kier molecular flexibility index (Phi) is 5.26. The molecule has 0 spiro atoms. The first-order chi connectivity index (χ1) is 10.8. The third kappa shape index (κ3) is 3.64. The summed E-state index contributed by atoms with van der Waals surface area (Å²) in [6.07, 6.45) is 0. The SMILES string of the molecule is O=[PH+]C(c1ccc(Cl)c([N+](=O)[O-])c1)c1ccc(Cl)c([N+](=O)[O-])c1. The number of nitrogens with zero attached hydrogens (tertiary/aromatic N) is 2. The van der Waals surface area contributed by atoms with Crippen molar-refractivity contribution in [3.8, 4) is 0 Å². The molecule has 0 aliphatic carbocycles. The maximum Gasteiger partial charge on any atom is 0.337 e. The van der Waals surface area contributed by atoms with E-state index in [1.807, 2.05) is 0 Å². The van der Waals surface area contributed by atoms with Crippen LogP contribution in [0.15, 0.2) is 36.4 Å². The summed E-state index contributed by atoms with van der Waals surface area (Å²) in [5.41, 5.74) is -0.675. The fraction of sp³-hybridized carbons (Fsp3) is 0.0769. The molecule has 10 heteroatoms. The monoisotopic (exact) mass is 373 g/mol. The molecule has 0 aliphatic rings. The molecule has 0 amide bonds. The number of halogens is 2. The van der Waals surface area contributed by atoms with E-state index in [4.69, 9.17) is 23.2 Å². The van der Waals surface area contributed by atoms with Crippen LogP contribution in [0.5, 0.6) is 0 Å². The third-order valence-electron chi connectivity index (χ3n) is 3.12. The minimum atomic E-state index is -0.904. The van der Waals surface area contributed by atoms with Crippen LogP contribution in [0.2, 0.25) is 10.0 Å². The van der Waals surface area contributed by atoms with E-state index in [0.29, 0.717) is 11.1 Å². The van der Waals surface area contributed by atoms with Gasteiger partial charge < -0.3 is 0 Å². The van der Waals surface area contributed by atoms with Gasteiger partial charge in [-0.2, -0.15) is 0 Å². The maximum absolute atomic E-state index is 11.6. The molecule has 2 aromatic rings. The van der Waals surface area contributed by atoms with Crippen molar-refractivity contribution >= 4 is 43.0 Å². The maximum atomic E-state index is 11.6. The van der Waals surface area contributed by atoms with E-state index < -0.39 is 24.0 Å². The summed E-state index contributed by atoms with van der Waals surface area (Å²) in [5.74, 6) is 0. The zero-order valence-corrected chi connectivity index (χ0v) is 13.7. The van der Waals surface area contributed by atoms with E-state index in [0.717, 1.165) is 0 Å². The minimum Gasteiger partial charge on any atom is -0.258 e. The van der Waals surface area contributed by atoms with Gasteiger partial charge in [-0.1, -0.05) is 39.9 Å². The van der Waals surface area contributed by atoms with Gasteiger partial charge in [0.05, 0.1) is 9.85 Å². The van der Waals surface area contributed by atoms with Crippen LogP contribution >= 0.6 is 31.7 Å². The molecular weight excluding hydrogens is 366 g/mol. The first-order valence-corrected chi connectivity index (χ1v) is 7.84. The Morgan fingerprint density at radius 3 is 1.57 bits per heavy atom. The Balaban J connectivity index is 2.55. The molecular formula is C13H8Cl2N2O5P+. The molecule has 0 radical (unpaired) electrons. The van der Waals surface area contributed by atoms with E-state index in [9.17, 15) is 24.8 Å². The van der Waals surface area contributed by atoms with Gasteiger partial charge >= 0.3 is 8.46 Å². The zero-order valence-electron chi connectivity index (χ0n) is 11.2. The number of nitro groups is 2. The van der Waals surface area contributed by atoms with Crippen LogP contribution in [-0.2, 0) is 4.57 Å². The number of benzene rings is 2. The fourth-order valence-corrected chi connectivity index (χ4v) is 3.03. The molecule has 0 saturated heterocycles. The van der Waals surface area contributed by atoms with Crippen molar-refractivity contribution in [2.45, 2.75) is 5.66 Å². The molecule has 0 fully saturated rings. The zero-order chi connectivity index (χ0) is 17.1. The van der Waals surface area contributed by atoms with Gasteiger partial charge in [-0.15, -0.1) is 0 Å². The lowest BCUT2D eigenvalue weighted by atomic mass is 10.0. The lowest BCUT2D eigenvalue weighted by molar-refractivity contribution is -0.384.